The topological polar surface area (TPSA) is 103 Å². The fraction of sp³-hybridized carbons (Fsp3) is 0.200. The van der Waals surface area contributed by atoms with Gasteiger partial charge in [0.2, 0.25) is 17.7 Å². The summed E-state index contributed by atoms with van der Waals surface area (Å²) in [7, 11) is 0. The van der Waals surface area contributed by atoms with E-state index in [4.69, 9.17) is 29.2 Å². The van der Waals surface area contributed by atoms with Crippen molar-refractivity contribution in [3.63, 3.8) is 0 Å². The number of aliphatic imine (C=N–C) groups is 3. The van der Waals surface area contributed by atoms with Crippen LogP contribution < -0.4 is 0 Å². The maximum atomic E-state index is 5.61. The van der Waals surface area contributed by atoms with Crippen molar-refractivity contribution < 1.29 is 14.2 Å². The van der Waals surface area contributed by atoms with Crippen molar-refractivity contribution in [1.82, 2.24) is 15.0 Å². The van der Waals surface area contributed by atoms with Crippen LogP contribution in [0.3, 0.4) is 0 Å². The first-order chi connectivity index (χ1) is 19.3. The van der Waals surface area contributed by atoms with Gasteiger partial charge in [0, 0.05) is 33.4 Å². The SMILES string of the molecule is c1cc(-c2nc(-c3ccc(C4=NCCO4)cc3)nc(-c3ccc(C4=NCCO4)cc3)n2)ccc1C1=NCCO1. The molecule has 0 N–H and O–H groups in total. The Bertz CT molecular complexity index is 1400. The van der Waals surface area contributed by atoms with E-state index in [1.54, 1.807) is 0 Å². The number of rotatable bonds is 6. The van der Waals surface area contributed by atoms with Crippen LogP contribution in [0.2, 0.25) is 0 Å². The highest BCUT2D eigenvalue weighted by Crippen LogP contribution is 2.26. The van der Waals surface area contributed by atoms with E-state index in [1.165, 1.54) is 0 Å². The molecule has 4 heterocycles. The van der Waals surface area contributed by atoms with E-state index in [-0.39, 0.29) is 0 Å². The number of hydrogen-bond donors (Lipinski definition) is 0. The zero-order valence-electron chi connectivity index (χ0n) is 21.1. The number of aromatic nitrogens is 3. The molecular weight excluding hydrogens is 492 g/mol. The molecule has 0 saturated carbocycles. The number of ether oxygens (including phenoxy) is 3. The van der Waals surface area contributed by atoms with Crippen LogP contribution in [-0.2, 0) is 14.2 Å². The normalized spacial score (nSPS) is 16.2. The average molecular weight is 517 g/mol. The van der Waals surface area contributed by atoms with Gasteiger partial charge >= 0.3 is 0 Å². The van der Waals surface area contributed by atoms with Gasteiger partial charge in [-0.05, 0) is 36.4 Å². The van der Waals surface area contributed by atoms with Crippen LogP contribution >= 0.6 is 0 Å². The van der Waals surface area contributed by atoms with Gasteiger partial charge in [-0.2, -0.15) is 0 Å². The minimum atomic E-state index is 0.580. The molecule has 0 radical (unpaired) electrons. The zero-order valence-corrected chi connectivity index (χ0v) is 21.1. The highest BCUT2D eigenvalue weighted by Gasteiger charge is 2.17. The highest BCUT2D eigenvalue weighted by molar-refractivity contribution is 5.96. The monoisotopic (exact) mass is 516 g/mol. The summed E-state index contributed by atoms with van der Waals surface area (Å²) in [6.45, 7) is 3.92. The zero-order chi connectivity index (χ0) is 26.0. The van der Waals surface area contributed by atoms with Crippen molar-refractivity contribution in [1.29, 1.82) is 0 Å². The first-order valence-electron chi connectivity index (χ1n) is 12.9. The van der Waals surface area contributed by atoms with Crippen LogP contribution in [0.5, 0.6) is 0 Å². The Kier molecular flexibility index (Phi) is 6.01. The predicted molar refractivity (Wildman–Crippen MR) is 148 cm³/mol. The van der Waals surface area contributed by atoms with Crippen molar-refractivity contribution in [2.75, 3.05) is 39.5 Å². The van der Waals surface area contributed by atoms with Crippen molar-refractivity contribution in [3.8, 4) is 34.2 Å². The quantitative estimate of drug-likeness (QED) is 0.381. The van der Waals surface area contributed by atoms with Crippen LogP contribution in [0.25, 0.3) is 34.2 Å². The molecule has 9 heteroatoms. The summed E-state index contributed by atoms with van der Waals surface area (Å²) in [6, 6.07) is 23.8. The van der Waals surface area contributed by atoms with Crippen LogP contribution in [0.15, 0.2) is 87.8 Å². The Hall–Kier alpha value is -4.92. The average Bonchev–Trinajstić information content (AvgIpc) is 3.82. The third kappa shape index (κ3) is 4.74. The van der Waals surface area contributed by atoms with Gasteiger partial charge in [0.25, 0.3) is 0 Å². The van der Waals surface area contributed by atoms with E-state index in [0.717, 1.165) is 33.4 Å². The minimum Gasteiger partial charge on any atom is -0.476 e. The van der Waals surface area contributed by atoms with Gasteiger partial charge in [-0.15, -0.1) is 0 Å². The lowest BCUT2D eigenvalue weighted by Crippen LogP contribution is -2.04. The van der Waals surface area contributed by atoms with E-state index < -0.39 is 0 Å². The summed E-state index contributed by atoms with van der Waals surface area (Å²) in [6.07, 6.45) is 0. The van der Waals surface area contributed by atoms with E-state index in [0.29, 0.717) is 74.6 Å². The second kappa shape index (κ2) is 10.1. The molecule has 7 rings (SSSR count). The smallest absolute Gasteiger partial charge is 0.216 e. The van der Waals surface area contributed by atoms with Gasteiger partial charge in [0.15, 0.2) is 17.5 Å². The van der Waals surface area contributed by atoms with E-state index in [2.05, 4.69) is 15.0 Å². The molecule has 0 aliphatic carbocycles. The molecule has 4 aromatic rings. The molecule has 3 aromatic carbocycles. The van der Waals surface area contributed by atoms with Gasteiger partial charge in [0.1, 0.15) is 19.8 Å². The van der Waals surface area contributed by atoms with Crippen molar-refractivity contribution in [3.05, 3.63) is 89.5 Å². The van der Waals surface area contributed by atoms with Crippen LogP contribution in [0.4, 0.5) is 0 Å². The standard InChI is InChI=1S/C30H24N6O3/c1-7-22(28-31-13-16-37-28)8-2-19(1)25-34-26(20-3-9-23(10-4-20)29-32-14-17-38-29)36-27(35-25)21-5-11-24(12-6-21)30-33-15-18-39-30/h1-12H,13-18H2. The Balaban J connectivity index is 1.27. The van der Waals surface area contributed by atoms with Crippen LogP contribution in [0, 0.1) is 0 Å². The summed E-state index contributed by atoms with van der Waals surface area (Å²) >= 11 is 0. The number of benzene rings is 3. The number of nitrogens with zero attached hydrogens (tertiary/aromatic N) is 6. The Morgan fingerprint density at radius 3 is 0.846 bits per heavy atom. The van der Waals surface area contributed by atoms with Gasteiger partial charge in [-0.3, -0.25) is 0 Å². The molecule has 0 spiro atoms. The number of hydrogen-bond acceptors (Lipinski definition) is 9. The fourth-order valence-electron chi connectivity index (χ4n) is 4.58. The molecule has 0 atom stereocenters. The molecule has 0 amide bonds. The van der Waals surface area contributed by atoms with E-state index in [9.17, 15) is 0 Å². The van der Waals surface area contributed by atoms with Gasteiger partial charge in [-0.1, -0.05) is 36.4 Å². The lowest BCUT2D eigenvalue weighted by molar-refractivity contribution is 0.348. The molecule has 3 aliphatic rings. The Morgan fingerprint density at radius 2 is 0.615 bits per heavy atom. The van der Waals surface area contributed by atoms with Gasteiger partial charge in [0.05, 0.1) is 19.6 Å². The second-order valence-electron chi connectivity index (χ2n) is 9.14. The molecule has 192 valence electrons. The lowest BCUT2D eigenvalue weighted by atomic mass is 10.1. The second-order valence-corrected chi connectivity index (χ2v) is 9.14. The Labute approximate surface area is 225 Å². The summed E-state index contributed by atoms with van der Waals surface area (Å²) in [5.41, 5.74) is 5.43. The highest BCUT2D eigenvalue weighted by atomic mass is 16.5. The van der Waals surface area contributed by atoms with E-state index in [1.807, 2.05) is 72.8 Å². The largest absolute Gasteiger partial charge is 0.476 e. The Morgan fingerprint density at radius 1 is 0.359 bits per heavy atom. The first kappa shape index (κ1) is 23.2. The molecule has 0 bridgehead atoms. The van der Waals surface area contributed by atoms with Gasteiger partial charge in [-0.25, -0.2) is 29.9 Å². The first-order valence-corrected chi connectivity index (χ1v) is 12.9. The molecule has 0 saturated heterocycles. The van der Waals surface area contributed by atoms with Crippen molar-refractivity contribution >= 4 is 17.7 Å². The summed E-state index contributed by atoms with van der Waals surface area (Å²) in [5, 5.41) is 0. The fourth-order valence-corrected chi connectivity index (χ4v) is 4.58. The molecule has 9 nitrogen and oxygen atoms in total. The summed E-state index contributed by atoms with van der Waals surface area (Å²) in [5.74, 6) is 3.75. The summed E-state index contributed by atoms with van der Waals surface area (Å²) < 4.78 is 16.8. The predicted octanol–water partition coefficient (Wildman–Crippen LogP) is 4.20. The summed E-state index contributed by atoms with van der Waals surface area (Å²) in [4.78, 5) is 27.8. The lowest BCUT2D eigenvalue weighted by Gasteiger charge is -2.10. The molecule has 0 unspecified atom stereocenters. The minimum absolute atomic E-state index is 0.580. The molecule has 1 aromatic heterocycles. The maximum absolute atomic E-state index is 5.61. The molecule has 3 aliphatic heterocycles. The molecule has 0 fully saturated rings. The van der Waals surface area contributed by atoms with Gasteiger partial charge < -0.3 is 14.2 Å². The third-order valence-electron chi connectivity index (χ3n) is 6.56. The molecular formula is C30H24N6O3. The van der Waals surface area contributed by atoms with Crippen LogP contribution in [-0.4, -0.2) is 72.1 Å². The van der Waals surface area contributed by atoms with Crippen molar-refractivity contribution in [2.24, 2.45) is 15.0 Å². The molecule has 39 heavy (non-hydrogen) atoms. The third-order valence-corrected chi connectivity index (χ3v) is 6.56. The maximum Gasteiger partial charge on any atom is 0.216 e. The van der Waals surface area contributed by atoms with Crippen LogP contribution in [0.1, 0.15) is 16.7 Å². The van der Waals surface area contributed by atoms with Crippen molar-refractivity contribution in [2.45, 2.75) is 0 Å². The van der Waals surface area contributed by atoms with E-state index >= 15 is 0 Å².